The molecule has 0 bridgehead atoms. The van der Waals surface area contributed by atoms with Crippen molar-refractivity contribution < 1.29 is 31.2 Å². The van der Waals surface area contributed by atoms with Gasteiger partial charge in [0.05, 0.1) is 17.5 Å². The third-order valence-electron chi connectivity index (χ3n) is 5.47. The predicted molar refractivity (Wildman–Crippen MR) is 138 cm³/mol. The standard InChI is InChI=1S/C24H28Cl2F3N3O4S/c1-4-12-30-23(34)21(5-2)31(14-18-19(25)10-7-11-20(18)26)22(33)15-32(37(3,35)36)17-9-6-8-16(13-17)24(27,28)29/h6-11,13,21H,4-5,12,14-15H2,1-3H3,(H,30,34). The number of nitrogens with zero attached hydrogens (tertiary/aromatic N) is 2. The summed E-state index contributed by atoms with van der Waals surface area (Å²) in [7, 11) is -4.20. The largest absolute Gasteiger partial charge is 0.416 e. The summed E-state index contributed by atoms with van der Waals surface area (Å²) in [6.07, 6.45) is -3.13. The number of anilines is 1. The molecule has 2 aromatic rings. The lowest BCUT2D eigenvalue weighted by Gasteiger charge is -2.33. The van der Waals surface area contributed by atoms with Gasteiger partial charge in [0.1, 0.15) is 12.6 Å². The third kappa shape index (κ3) is 8.24. The molecule has 1 unspecified atom stereocenters. The highest BCUT2D eigenvalue weighted by Crippen LogP contribution is 2.32. The van der Waals surface area contributed by atoms with Crippen LogP contribution in [0.5, 0.6) is 0 Å². The highest BCUT2D eigenvalue weighted by Gasteiger charge is 2.34. The van der Waals surface area contributed by atoms with Crippen LogP contribution in [0.2, 0.25) is 10.0 Å². The van der Waals surface area contributed by atoms with Crippen LogP contribution < -0.4 is 9.62 Å². The average molecular weight is 582 g/mol. The highest BCUT2D eigenvalue weighted by molar-refractivity contribution is 7.92. The van der Waals surface area contributed by atoms with Crippen LogP contribution in [0.1, 0.15) is 37.8 Å². The Morgan fingerprint density at radius 1 is 1.05 bits per heavy atom. The Kier molecular flexibility index (Phi) is 10.7. The second-order valence-electron chi connectivity index (χ2n) is 8.25. The van der Waals surface area contributed by atoms with Crippen LogP contribution in [0.4, 0.5) is 18.9 Å². The van der Waals surface area contributed by atoms with Crippen LogP contribution in [0.15, 0.2) is 42.5 Å². The molecule has 0 radical (unpaired) electrons. The molecule has 0 spiro atoms. The Hall–Kier alpha value is -2.50. The summed E-state index contributed by atoms with van der Waals surface area (Å²) in [5.41, 5.74) is -1.08. The van der Waals surface area contributed by atoms with Crippen molar-refractivity contribution in [2.75, 3.05) is 23.7 Å². The summed E-state index contributed by atoms with van der Waals surface area (Å²) in [6, 6.07) is 7.33. The van der Waals surface area contributed by atoms with E-state index in [4.69, 9.17) is 23.2 Å². The van der Waals surface area contributed by atoms with Gasteiger partial charge in [-0.05, 0) is 43.2 Å². The van der Waals surface area contributed by atoms with Crippen molar-refractivity contribution in [3.63, 3.8) is 0 Å². The molecule has 0 heterocycles. The minimum atomic E-state index is -4.72. The number of alkyl halides is 3. The Balaban J connectivity index is 2.53. The van der Waals surface area contributed by atoms with E-state index in [0.29, 0.717) is 28.9 Å². The predicted octanol–water partition coefficient (Wildman–Crippen LogP) is 5.11. The molecule has 0 aliphatic rings. The maximum atomic E-state index is 13.6. The van der Waals surface area contributed by atoms with E-state index in [9.17, 15) is 31.2 Å². The first kappa shape index (κ1) is 30.7. The second kappa shape index (κ2) is 12.8. The normalized spacial score (nSPS) is 12.6. The van der Waals surface area contributed by atoms with Gasteiger partial charge < -0.3 is 10.2 Å². The molecule has 0 aliphatic carbocycles. The molecule has 0 aliphatic heterocycles. The van der Waals surface area contributed by atoms with Crippen molar-refractivity contribution in [1.82, 2.24) is 10.2 Å². The van der Waals surface area contributed by atoms with Gasteiger partial charge >= 0.3 is 6.18 Å². The highest BCUT2D eigenvalue weighted by atomic mass is 35.5. The molecule has 0 aromatic heterocycles. The first-order chi connectivity index (χ1) is 17.2. The lowest BCUT2D eigenvalue weighted by Crippen LogP contribution is -2.52. The Morgan fingerprint density at radius 3 is 2.16 bits per heavy atom. The van der Waals surface area contributed by atoms with Gasteiger partial charge in [-0.2, -0.15) is 13.2 Å². The van der Waals surface area contributed by atoms with Gasteiger partial charge in [-0.15, -0.1) is 0 Å². The van der Waals surface area contributed by atoms with Crippen LogP contribution in [-0.4, -0.2) is 50.5 Å². The van der Waals surface area contributed by atoms with Gasteiger partial charge in [-0.25, -0.2) is 8.42 Å². The topological polar surface area (TPSA) is 86.8 Å². The van der Waals surface area contributed by atoms with Crippen LogP contribution in [-0.2, 0) is 32.3 Å². The zero-order valence-corrected chi connectivity index (χ0v) is 22.8. The molecule has 204 valence electrons. The summed E-state index contributed by atoms with van der Waals surface area (Å²) < 4.78 is 65.5. The van der Waals surface area contributed by atoms with Crippen molar-refractivity contribution in [3.05, 3.63) is 63.6 Å². The van der Waals surface area contributed by atoms with E-state index in [-0.39, 0.29) is 28.7 Å². The average Bonchev–Trinajstić information content (AvgIpc) is 2.81. The number of rotatable bonds is 11. The summed E-state index contributed by atoms with van der Waals surface area (Å²) >= 11 is 12.6. The molecule has 2 aromatic carbocycles. The van der Waals surface area contributed by atoms with Gasteiger partial charge in [0, 0.05) is 28.7 Å². The lowest BCUT2D eigenvalue weighted by atomic mass is 10.1. The zero-order chi connectivity index (χ0) is 28.0. The Labute approximate surface area is 224 Å². The van der Waals surface area contributed by atoms with Gasteiger partial charge in [0.25, 0.3) is 0 Å². The summed E-state index contributed by atoms with van der Waals surface area (Å²) in [4.78, 5) is 27.7. The minimum Gasteiger partial charge on any atom is -0.354 e. The number of benzene rings is 2. The lowest BCUT2D eigenvalue weighted by molar-refractivity contribution is -0.140. The van der Waals surface area contributed by atoms with Crippen LogP contribution in [0, 0.1) is 0 Å². The number of nitrogens with one attached hydrogen (secondary N) is 1. The SMILES string of the molecule is CCCNC(=O)C(CC)N(Cc1c(Cl)cccc1Cl)C(=O)CN(c1cccc(C(F)(F)F)c1)S(C)(=O)=O. The van der Waals surface area contributed by atoms with E-state index in [1.54, 1.807) is 25.1 Å². The second-order valence-corrected chi connectivity index (χ2v) is 11.0. The smallest absolute Gasteiger partial charge is 0.354 e. The van der Waals surface area contributed by atoms with Crippen LogP contribution >= 0.6 is 23.2 Å². The Morgan fingerprint density at radius 2 is 1.65 bits per heavy atom. The van der Waals surface area contributed by atoms with Gasteiger partial charge in [-0.3, -0.25) is 13.9 Å². The number of sulfonamides is 1. The number of carbonyl (C=O) groups excluding carboxylic acids is 2. The molecule has 2 rings (SSSR count). The first-order valence-corrected chi connectivity index (χ1v) is 14.0. The van der Waals surface area contributed by atoms with Gasteiger partial charge in [-0.1, -0.05) is 49.2 Å². The molecular weight excluding hydrogens is 554 g/mol. The summed E-state index contributed by atoms with van der Waals surface area (Å²) in [5.74, 6) is -1.29. The molecule has 2 amide bonds. The van der Waals surface area contributed by atoms with E-state index in [0.717, 1.165) is 29.4 Å². The van der Waals surface area contributed by atoms with Gasteiger partial charge in [0.15, 0.2) is 0 Å². The number of hydrogen-bond acceptors (Lipinski definition) is 4. The number of carbonyl (C=O) groups is 2. The minimum absolute atomic E-state index is 0.172. The van der Waals surface area contributed by atoms with E-state index in [1.165, 1.54) is 0 Å². The summed E-state index contributed by atoms with van der Waals surface area (Å²) in [5, 5.41) is 3.17. The fraction of sp³-hybridized carbons (Fsp3) is 0.417. The van der Waals surface area contributed by atoms with E-state index >= 15 is 0 Å². The van der Waals surface area contributed by atoms with Crippen molar-refractivity contribution in [2.24, 2.45) is 0 Å². The van der Waals surface area contributed by atoms with Crippen molar-refractivity contribution in [2.45, 2.75) is 45.5 Å². The molecule has 0 saturated carbocycles. The third-order valence-corrected chi connectivity index (χ3v) is 7.31. The van der Waals surface area contributed by atoms with Gasteiger partial charge in [0.2, 0.25) is 21.8 Å². The quantitative estimate of drug-likeness (QED) is 0.399. The number of hydrogen-bond donors (Lipinski definition) is 1. The molecule has 1 N–H and O–H groups in total. The van der Waals surface area contributed by atoms with Crippen molar-refractivity contribution in [1.29, 1.82) is 0 Å². The van der Waals surface area contributed by atoms with E-state index in [1.807, 2.05) is 6.92 Å². The molecule has 0 fully saturated rings. The van der Waals surface area contributed by atoms with Crippen molar-refractivity contribution in [3.8, 4) is 0 Å². The molecule has 37 heavy (non-hydrogen) atoms. The maximum absolute atomic E-state index is 13.6. The summed E-state index contributed by atoms with van der Waals surface area (Å²) in [6.45, 7) is 2.80. The fourth-order valence-electron chi connectivity index (χ4n) is 3.59. The van der Waals surface area contributed by atoms with E-state index in [2.05, 4.69) is 5.32 Å². The molecule has 1 atom stereocenters. The number of amides is 2. The first-order valence-electron chi connectivity index (χ1n) is 11.4. The maximum Gasteiger partial charge on any atom is 0.416 e. The molecule has 7 nitrogen and oxygen atoms in total. The molecule has 13 heteroatoms. The van der Waals surface area contributed by atoms with Crippen LogP contribution in [0.25, 0.3) is 0 Å². The fourth-order valence-corrected chi connectivity index (χ4v) is 4.95. The zero-order valence-electron chi connectivity index (χ0n) is 20.5. The van der Waals surface area contributed by atoms with E-state index < -0.39 is 46.2 Å². The monoisotopic (exact) mass is 581 g/mol. The Bertz CT molecular complexity index is 1210. The molecular formula is C24H28Cl2F3N3O4S. The van der Waals surface area contributed by atoms with Crippen molar-refractivity contribution >= 4 is 50.7 Å². The van der Waals surface area contributed by atoms with Crippen LogP contribution in [0.3, 0.4) is 0 Å². The molecule has 0 saturated heterocycles. The number of halogens is 5.